The van der Waals surface area contributed by atoms with Crippen molar-refractivity contribution in [3.05, 3.63) is 58.0 Å². The van der Waals surface area contributed by atoms with Gasteiger partial charge >= 0.3 is 0 Å². The number of benzene rings is 1. The zero-order valence-corrected chi connectivity index (χ0v) is 14.2. The fourth-order valence-electron chi connectivity index (χ4n) is 2.66. The summed E-state index contributed by atoms with van der Waals surface area (Å²) in [4.78, 5) is 25.1. The zero-order chi connectivity index (χ0) is 17.4. The summed E-state index contributed by atoms with van der Waals surface area (Å²) in [5.74, 6) is 0.397. The highest BCUT2D eigenvalue weighted by atomic mass is 16.2. The van der Waals surface area contributed by atoms with Gasteiger partial charge in [-0.15, -0.1) is 0 Å². The number of para-hydroxylation sites is 1. The molecule has 0 unspecified atom stereocenters. The maximum Gasteiger partial charge on any atom is 0.263 e. The number of pyridine rings is 1. The number of aryl methyl sites for hydroxylation is 2. The van der Waals surface area contributed by atoms with Crippen LogP contribution in [-0.2, 0) is 14.1 Å². The molecule has 3 rings (SSSR count). The molecule has 6 heteroatoms. The molecule has 1 amide bonds. The molecule has 6 nitrogen and oxygen atoms in total. The number of fused-ring (bicyclic) bond motifs is 1. The number of nitrogens with zero attached hydrogens (tertiary/aromatic N) is 3. The summed E-state index contributed by atoms with van der Waals surface area (Å²) in [5.41, 5.74) is 1.47. The molecular formula is C18H20N4O2. The Morgan fingerprint density at radius 3 is 2.54 bits per heavy atom. The molecule has 0 fully saturated rings. The average molecular weight is 324 g/mol. The number of anilines is 1. The van der Waals surface area contributed by atoms with Crippen molar-refractivity contribution in [2.45, 2.75) is 19.8 Å². The van der Waals surface area contributed by atoms with Crippen LogP contribution in [0.15, 0.2) is 41.2 Å². The van der Waals surface area contributed by atoms with E-state index in [4.69, 9.17) is 0 Å². The molecule has 0 aliphatic carbocycles. The first kappa shape index (κ1) is 16.0. The zero-order valence-electron chi connectivity index (χ0n) is 14.2. The van der Waals surface area contributed by atoms with E-state index in [1.165, 1.54) is 4.57 Å². The third kappa shape index (κ3) is 2.71. The van der Waals surface area contributed by atoms with Crippen molar-refractivity contribution < 1.29 is 4.79 Å². The van der Waals surface area contributed by atoms with E-state index in [1.54, 1.807) is 24.8 Å². The smallest absolute Gasteiger partial charge is 0.263 e. The summed E-state index contributed by atoms with van der Waals surface area (Å²) in [6, 6.07) is 10.9. The molecule has 0 aliphatic heterocycles. The second-order valence-corrected chi connectivity index (χ2v) is 6.17. The van der Waals surface area contributed by atoms with E-state index in [0.29, 0.717) is 5.82 Å². The van der Waals surface area contributed by atoms with Crippen LogP contribution in [0.1, 0.15) is 35.8 Å². The van der Waals surface area contributed by atoms with Gasteiger partial charge < -0.3 is 9.88 Å². The molecule has 0 atom stereocenters. The van der Waals surface area contributed by atoms with Crippen LogP contribution in [0.2, 0.25) is 0 Å². The van der Waals surface area contributed by atoms with E-state index >= 15 is 0 Å². The van der Waals surface area contributed by atoms with Crippen molar-refractivity contribution in [2.75, 3.05) is 5.32 Å². The lowest BCUT2D eigenvalue weighted by Gasteiger charge is -2.09. The first-order valence-electron chi connectivity index (χ1n) is 7.82. The van der Waals surface area contributed by atoms with Crippen molar-refractivity contribution in [2.24, 2.45) is 14.1 Å². The van der Waals surface area contributed by atoms with Crippen LogP contribution < -0.4 is 10.9 Å². The fourth-order valence-corrected chi connectivity index (χ4v) is 2.66. The Morgan fingerprint density at radius 2 is 1.88 bits per heavy atom. The van der Waals surface area contributed by atoms with Gasteiger partial charge in [0, 0.05) is 20.2 Å². The van der Waals surface area contributed by atoms with Crippen LogP contribution >= 0.6 is 0 Å². The van der Waals surface area contributed by atoms with E-state index in [1.807, 2.05) is 44.2 Å². The van der Waals surface area contributed by atoms with Crippen molar-refractivity contribution >= 4 is 22.6 Å². The molecule has 1 aromatic carbocycles. The number of carbonyl (C=O) groups is 1. The first-order chi connectivity index (χ1) is 11.4. The first-order valence-corrected chi connectivity index (χ1v) is 7.82. The Labute approximate surface area is 139 Å². The third-order valence-corrected chi connectivity index (χ3v) is 4.11. The SMILES string of the molecule is CC(C)c1cc(NC(=O)c2cc3ccccc3n(C)c2=O)n(C)n1. The monoisotopic (exact) mass is 324 g/mol. The van der Waals surface area contributed by atoms with Crippen LogP contribution in [0, 0.1) is 0 Å². The Morgan fingerprint density at radius 1 is 1.17 bits per heavy atom. The highest BCUT2D eigenvalue weighted by Gasteiger charge is 2.17. The predicted molar refractivity (Wildman–Crippen MR) is 94.4 cm³/mol. The van der Waals surface area contributed by atoms with Crippen molar-refractivity contribution in [3.8, 4) is 0 Å². The minimum absolute atomic E-state index is 0.114. The molecule has 0 aliphatic rings. The molecule has 2 heterocycles. The number of amides is 1. The normalized spacial score (nSPS) is 11.2. The van der Waals surface area contributed by atoms with Gasteiger partial charge in [0.1, 0.15) is 11.4 Å². The van der Waals surface area contributed by atoms with E-state index in [0.717, 1.165) is 16.6 Å². The lowest BCUT2D eigenvalue weighted by molar-refractivity contribution is 0.102. The van der Waals surface area contributed by atoms with Gasteiger partial charge in [-0.25, -0.2) is 0 Å². The number of aromatic nitrogens is 3. The summed E-state index contributed by atoms with van der Waals surface area (Å²) >= 11 is 0. The van der Waals surface area contributed by atoms with Crippen LogP contribution in [0.25, 0.3) is 10.9 Å². The van der Waals surface area contributed by atoms with E-state index in [2.05, 4.69) is 10.4 Å². The van der Waals surface area contributed by atoms with Crippen LogP contribution in [0.3, 0.4) is 0 Å². The molecule has 1 N–H and O–H groups in total. The van der Waals surface area contributed by atoms with Gasteiger partial charge in [0.2, 0.25) is 0 Å². The maximum absolute atomic E-state index is 12.6. The maximum atomic E-state index is 12.6. The molecule has 0 saturated carbocycles. The number of nitrogens with one attached hydrogen (secondary N) is 1. The minimum atomic E-state index is -0.431. The molecule has 0 spiro atoms. The summed E-state index contributed by atoms with van der Waals surface area (Å²) in [5, 5.41) is 7.99. The predicted octanol–water partition coefficient (Wildman–Crippen LogP) is 2.65. The molecule has 3 aromatic rings. The van der Waals surface area contributed by atoms with Crippen molar-refractivity contribution in [1.82, 2.24) is 14.3 Å². The van der Waals surface area contributed by atoms with E-state index in [-0.39, 0.29) is 17.0 Å². The average Bonchev–Trinajstić information content (AvgIpc) is 2.92. The van der Waals surface area contributed by atoms with Gasteiger partial charge in [0.25, 0.3) is 11.5 Å². The van der Waals surface area contributed by atoms with Gasteiger partial charge in [-0.1, -0.05) is 32.0 Å². The largest absolute Gasteiger partial charge is 0.311 e. The second-order valence-electron chi connectivity index (χ2n) is 6.17. The van der Waals surface area contributed by atoms with E-state index < -0.39 is 5.91 Å². The quantitative estimate of drug-likeness (QED) is 0.805. The lowest BCUT2D eigenvalue weighted by atomic mass is 10.1. The molecule has 0 bridgehead atoms. The number of carbonyl (C=O) groups excluding carboxylic acids is 1. The highest BCUT2D eigenvalue weighted by molar-refractivity contribution is 6.05. The topological polar surface area (TPSA) is 68.9 Å². The number of hydrogen-bond donors (Lipinski definition) is 1. The Hall–Kier alpha value is -2.89. The van der Waals surface area contributed by atoms with Crippen LogP contribution in [-0.4, -0.2) is 20.3 Å². The van der Waals surface area contributed by atoms with Gasteiger partial charge in [-0.3, -0.25) is 14.3 Å². The van der Waals surface area contributed by atoms with Crippen molar-refractivity contribution in [1.29, 1.82) is 0 Å². The van der Waals surface area contributed by atoms with Gasteiger partial charge in [-0.2, -0.15) is 5.10 Å². The van der Waals surface area contributed by atoms with Gasteiger partial charge in [-0.05, 0) is 23.4 Å². The van der Waals surface area contributed by atoms with Gasteiger partial charge in [0.05, 0.1) is 11.2 Å². The standard InChI is InChI=1S/C18H20N4O2/c1-11(2)14-10-16(22(4)20-14)19-17(23)13-9-12-7-5-6-8-15(12)21(3)18(13)24/h5-11H,1-4H3,(H,19,23). The molecule has 0 saturated heterocycles. The molecule has 0 radical (unpaired) electrons. The Bertz CT molecular complexity index is 982. The van der Waals surface area contributed by atoms with Gasteiger partial charge in [0.15, 0.2) is 0 Å². The fraction of sp³-hybridized carbons (Fsp3) is 0.278. The molecule has 24 heavy (non-hydrogen) atoms. The lowest BCUT2D eigenvalue weighted by Crippen LogP contribution is -2.28. The second kappa shape index (κ2) is 5.96. The number of hydrogen-bond acceptors (Lipinski definition) is 3. The highest BCUT2D eigenvalue weighted by Crippen LogP contribution is 2.18. The summed E-state index contributed by atoms with van der Waals surface area (Å²) in [6.45, 7) is 4.07. The minimum Gasteiger partial charge on any atom is -0.311 e. The summed E-state index contributed by atoms with van der Waals surface area (Å²) < 4.78 is 3.10. The summed E-state index contributed by atoms with van der Waals surface area (Å²) in [7, 11) is 3.43. The van der Waals surface area contributed by atoms with Crippen LogP contribution in [0.5, 0.6) is 0 Å². The molecular weight excluding hydrogens is 304 g/mol. The van der Waals surface area contributed by atoms with Crippen molar-refractivity contribution in [3.63, 3.8) is 0 Å². The third-order valence-electron chi connectivity index (χ3n) is 4.11. The van der Waals surface area contributed by atoms with E-state index in [9.17, 15) is 9.59 Å². The number of rotatable bonds is 3. The molecule has 124 valence electrons. The Balaban J connectivity index is 2.00. The Kier molecular flexibility index (Phi) is 3.97. The summed E-state index contributed by atoms with van der Waals surface area (Å²) in [6.07, 6.45) is 0. The molecule has 2 aromatic heterocycles. The van der Waals surface area contributed by atoms with Crippen LogP contribution in [0.4, 0.5) is 5.82 Å².